The molecule has 0 bridgehead atoms. The molecular formula is C18H19ClN4O3. The molecule has 0 spiro atoms. The molecule has 0 unspecified atom stereocenters. The summed E-state index contributed by atoms with van der Waals surface area (Å²) >= 11 is 6.26. The minimum absolute atomic E-state index is 0.0346. The number of methoxy groups -OCH3 is 1. The maximum absolute atomic E-state index is 12.0. The van der Waals surface area contributed by atoms with Gasteiger partial charge in [-0.05, 0) is 24.6 Å². The summed E-state index contributed by atoms with van der Waals surface area (Å²) in [7, 11) is 1.23. The summed E-state index contributed by atoms with van der Waals surface area (Å²) in [5, 5.41) is 12.2. The van der Waals surface area contributed by atoms with E-state index in [1.54, 1.807) is 18.2 Å². The molecule has 7 nitrogen and oxygen atoms in total. The predicted octanol–water partition coefficient (Wildman–Crippen LogP) is 3.50. The average molecular weight is 375 g/mol. The molecule has 1 aromatic carbocycles. The fourth-order valence-electron chi connectivity index (χ4n) is 2.42. The normalized spacial score (nSPS) is 10.2. The zero-order valence-corrected chi connectivity index (χ0v) is 15.3. The highest BCUT2D eigenvalue weighted by atomic mass is 35.5. The molecule has 136 valence electrons. The van der Waals surface area contributed by atoms with Crippen LogP contribution in [-0.4, -0.2) is 23.6 Å². The van der Waals surface area contributed by atoms with Gasteiger partial charge in [0.15, 0.2) is 5.69 Å². The Kier molecular flexibility index (Phi) is 6.26. The van der Waals surface area contributed by atoms with Gasteiger partial charge in [-0.2, -0.15) is 5.26 Å². The number of carbonyl (C=O) groups is 2. The Morgan fingerprint density at radius 1 is 1.42 bits per heavy atom. The molecule has 8 heteroatoms. The topological polar surface area (TPSA) is 110 Å². The summed E-state index contributed by atoms with van der Waals surface area (Å²) in [6, 6.07) is 6.80. The molecule has 26 heavy (non-hydrogen) atoms. The van der Waals surface area contributed by atoms with E-state index in [0.717, 1.165) is 12.8 Å². The summed E-state index contributed by atoms with van der Waals surface area (Å²) in [5.41, 5.74) is 7.08. The molecule has 0 saturated carbocycles. The third-order valence-electron chi connectivity index (χ3n) is 3.81. The van der Waals surface area contributed by atoms with Crippen molar-refractivity contribution in [2.45, 2.75) is 26.2 Å². The predicted molar refractivity (Wildman–Crippen MR) is 99.4 cm³/mol. The number of benzene rings is 1. The Morgan fingerprint density at radius 2 is 2.15 bits per heavy atom. The van der Waals surface area contributed by atoms with Gasteiger partial charge in [0, 0.05) is 18.3 Å². The van der Waals surface area contributed by atoms with Crippen molar-refractivity contribution >= 4 is 34.9 Å². The number of nitrogens with one attached hydrogen (secondary N) is 1. The van der Waals surface area contributed by atoms with Gasteiger partial charge in [0.05, 0.1) is 29.1 Å². The summed E-state index contributed by atoms with van der Waals surface area (Å²) < 4.78 is 6.18. The fraction of sp³-hybridized carbons (Fsp3) is 0.278. The van der Waals surface area contributed by atoms with Crippen molar-refractivity contribution in [1.82, 2.24) is 4.57 Å². The van der Waals surface area contributed by atoms with Gasteiger partial charge in [0.2, 0.25) is 5.91 Å². The number of halogens is 1. The van der Waals surface area contributed by atoms with Crippen LogP contribution in [0.25, 0.3) is 5.69 Å². The lowest BCUT2D eigenvalue weighted by Crippen LogP contribution is -2.12. The molecule has 0 aliphatic rings. The number of amides is 1. The minimum Gasteiger partial charge on any atom is -0.464 e. The van der Waals surface area contributed by atoms with E-state index in [-0.39, 0.29) is 22.9 Å². The number of hydrogen-bond donors (Lipinski definition) is 2. The van der Waals surface area contributed by atoms with Crippen LogP contribution in [0, 0.1) is 11.3 Å². The highest BCUT2D eigenvalue weighted by Crippen LogP contribution is 2.29. The van der Waals surface area contributed by atoms with Crippen molar-refractivity contribution in [3.05, 3.63) is 40.7 Å². The number of rotatable bonds is 6. The molecular weight excluding hydrogens is 356 g/mol. The molecule has 3 N–H and O–H groups in total. The minimum atomic E-state index is -0.669. The lowest BCUT2D eigenvalue weighted by molar-refractivity contribution is -0.116. The molecule has 2 aromatic rings. The average Bonchev–Trinajstić information content (AvgIpc) is 2.97. The van der Waals surface area contributed by atoms with E-state index >= 15 is 0 Å². The van der Waals surface area contributed by atoms with E-state index in [9.17, 15) is 9.59 Å². The number of nitrogen functional groups attached to an aromatic ring is 1. The van der Waals surface area contributed by atoms with Gasteiger partial charge < -0.3 is 20.4 Å². The number of anilines is 2. The zero-order valence-electron chi connectivity index (χ0n) is 14.5. The highest BCUT2D eigenvalue weighted by Gasteiger charge is 2.22. The van der Waals surface area contributed by atoms with Gasteiger partial charge in [-0.3, -0.25) is 4.79 Å². The van der Waals surface area contributed by atoms with Crippen LogP contribution in [0.15, 0.2) is 24.4 Å². The third kappa shape index (κ3) is 3.98. The summed E-state index contributed by atoms with van der Waals surface area (Å²) in [6.45, 7) is 2.01. The van der Waals surface area contributed by atoms with E-state index in [2.05, 4.69) is 5.32 Å². The van der Waals surface area contributed by atoms with Crippen LogP contribution in [0.1, 0.15) is 42.2 Å². The van der Waals surface area contributed by atoms with Crippen LogP contribution in [0.3, 0.4) is 0 Å². The molecule has 1 amide bonds. The van der Waals surface area contributed by atoms with Gasteiger partial charge in [0.25, 0.3) is 0 Å². The van der Waals surface area contributed by atoms with Gasteiger partial charge in [-0.1, -0.05) is 24.9 Å². The van der Waals surface area contributed by atoms with Crippen LogP contribution in [0.5, 0.6) is 0 Å². The Hall–Kier alpha value is -2.98. The monoisotopic (exact) mass is 374 g/mol. The largest absolute Gasteiger partial charge is 0.464 e. The highest BCUT2D eigenvalue weighted by molar-refractivity contribution is 6.33. The van der Waals surface area contributed by atoms with Crippen molar-refractivity contribution in [2.75, 3.05) is 18.2 Å². The fourth-order valence-corrected chi connectivity index (χ4v) is 2.65. The molecule has 0 saturated heterocycles. The molecule has 0 aliphatic carbocycles. The van der Waals surface area contributed by atoms with E-state index < -0.39 is 5.97 Å². The SMILES string of the molecule is CCCCC(=O)Nc1ccc(-n2cc(C#N)c(N)c2C(=O)OC)cc1Cl. The maximum atomic E-state index is 12.0. The molecule has 2 rings (SSSR count). The Labute approximate surface area is 156 Å². The van der Waals surface area contributed by atoms with E-state index in [4.69, 9.17) is 27.3 Å². The number of esters is 1. The van der Waals surface area contributed by atoms with Crippen molar-refractivity contribution in [3.63, 3.8) is 0 Å². The first-order chi connectivity index (χ1) is 12.4. The van der Waals surface area contributed by atoms with Gasteiger partial charge >= 0.3 is 5.97 Å². The standard InChI is InChI=1S/C18H19ClN4O3/c1-3-4-5-15(24)22-14-7-6-12(8-13(14)19)23-10-11(9-20)16(21)17(23)18(25)26-2/h6-8,10H,3-5,21H2,1-2H3,(H,22,24). The van der Waals surface area contributed by atoms with Crippen LogP contribution in [0.2, 0.25) is 5.02 Å². The molecule has 1 aromatic heterocycles. The third-order valence-corrected chi connectivity index (χ3v) is 4.12. The van der Waals surface area contributed by atoms with Crippen molar-refractivity contribution in [2.24, 2.45) is 0 Å². The smallest absolute Gasteiger partial charge is 0.357 e. The Balaban J connectivity index is 2.39. The van der Waals surface area contributed by atoms with Crippen LogP contribution >= 0.6 is 11.6 Å². The van der Waals surface area contributed by atoms with Crippen molar-refractivity contribution in [1.29, 1.82) is 5.26 Å². The molecule has 0 fully saturated rings. The Bertz CT molecular complexity index is 883. The number of carbonyl (C=O) groups excluding carboxylic acids is 2. The van der Waals surface area contributed by atoms with E-state index in [1.807, 2.05) is 13.0 Å². The molecule has 0 atom stereocenters. The maximum Gasteiger partial charge on any atom is 0.357 e. The number of aromatic nitrogens is 1. The number of unbranched alkanes of at least 4 members (excludes halogenated alkanes) is 1. The van der Waals surface area contributed by atoms with Gasteiger partial charge in [0.1, 0.15) is 6.07 Å². The van der Waals surface area contributed by atoms with Crippen molar-refractivity contribution in [3.8, 4) is 11.8 Å². The number of nitrogens with two attached hydrogens (primary N) is 1. The van der Waals surface area contributed by atoms with Crippen LogP contribution in [-0.2, 0) is 9.53 Å². The van der Waals surface area contributed by atoms with E-state index in [0.29, 0.717) is 22.8 Å². The molecule has 1 heterocycles. The second-order valence-electron chi connectivity index (χ2n) is 5.59. The number of hydrogen-bond acceptors (Lipinski definition) is 5. The van der Waals surface area contributed by atoms with Gasteiger partial charge in [-0.15, -0.1) is 0 Å². The lowest BCUT2D eigenvalue weighted by Gasteiger charge is -2.12. The zero-order chi connectivity index (χ0) is 19.3. The Morgan fingerprint density at radius 3 is 2.73 bits per heavy atom. The number of ether oxygens (including phenoxy) is 1. The first-order valence-corrected chi connectivity index (χ1v) is 8.39. The first-order valence-electron chi connectivity index (χ1n) is 8.01. The second kappa shape index (κ2) is 8.41. The van der Waals surface area contributed by atoms with E-state index in [1.165, 1.54) is 17.9 Å². The summed E-state index contributed by atoms with van der Waals surface area (Å²) in [4.78, 5) is 23.9. The first kappa shape index (κ1) is 19.3. The van der Waals surface area contributed by atoms with Crippen LogP contribution < -0.4 is 11.1 Å². The van der Waals surface area contributed by atoms with Crippen LogP contribution in [0.4, 0.5) is 11.4 Å². The summed E-state index contributed by atoms with van der Waals surface area (Å²) in [5.74, 6) is -0.786. The molecule has 0 aliphatic heterocycles. The summed E-state index contributed by atoms with van der Waals surface area (Å²) in [6.07, 6.45) is 3.57. The molecule has 0 radical (unpaired) electrons. The number of nitrogens with zero attached hydrogens (tertiary/aromatic N) is 2. The van der Waals surface area contributed by atoms with Crippen molar-refractivity contribution < 1.29 is 14.3 Å². The second-order valence-corrected chi connectivity index (χ2v) is 6.00. The quantitative estimate of drug-likeness (QED) is 0.752. The van der Waals surface area contributed by atoms with Gasteiger partial charge in [-0.25, -0.2) is 4.79 Å². The lowest BCUT2D eigenvalue weighted by atomic mass is 10.2. The number of nitriles is 1.